The molecule has 0 aliphatic rings. The van der Waals surface area contributed by atoms with Crippen molar-refractivity contribution in [2.45, 2.75) is 30.6 Å². The summed E-state index contributed by atoms with van der Waals surface area (Å²) in [6.45, 7) is 5.92. The van der Waals surface area contributed by atoms with Crippen molar-refractivity contribution in [2.75, 3.05) is 15.8 Å². The van der Waals surface area contributed by atoms with Crippen LogP contribution >= 0.6 is 11.8 Å². The number of carbonyl (C=O) groups is 1. The van der Waals surface area contributed by atoms with E-state index in [9.17, 15) is 13.2 Å². The van der Waals surface area contributed by atoms with E-state index in [0.717, 1.165) is 16.0 Å². The van der Waals surface area contributed by atoms with Crippen LogP contribution in [0.1, 0.15) is 16.7 Å². The predicted octanol–water partition coefficient (Wildman–Crippen LogP) is 5.14. The molecule has 0 aliphatic carbocycles. The van der Waals surface area contributed by atoms with Gasteiger partial charge in [0.2, 0.25) is 5.91 Å². The number of thioether (sulfide) groups is 1. The van der Waals surface area contributed by atoms with E-state index in [1.54, 1.807) is 24.3 Å². The van der Waals surface area contributed by atoms with Crippen molar-refractivity contribution >= 4 is 39.1 Å². The van der Waals surface area contributed by atoms with Gasteiger partial charge in [0.05, 0.1) is 10.6 Å². The lowest BCUT2D eigenvalue weighted by Crippen LogP contribution is -2.15. The van der Waals surface area contributed by atoms with Gasteiger partial charge in [0.15, 0.2) is 0 Å². The molecular weight excluding hydrogens is 416 g/mol. The highest BCUT2D eigenvalue weighted by atomic mass is 32.2. The molecule has 0 radical (unpaired) electrons. The van der Waals surface area contributed by atoms with E-state index in [2.05, 4.69) is 10.0 Å². The van der Waals surface area contributed by atoms with E-state index >= 15 is 0 Å². The molecule has 30 heavy (non-hydrogen) atoms. The van der Waals surface area contributed by atoms with Crippen molar-refractivity contribution < 1.29 is 13.2 Å². The third kappa shape index (κ3) is 5.87. The van der Waals surface area contributed by atoms with E-state index in [4.69, 9.17) is 0 Å². The Bertz CT molecular complexity index is 1140. The van der Waals surface area contributed by atoms with Gasteiger partial charge in [-0.3, -0.25) is 9.52 Å². The average Bonchev–Trinajstić information content (AvgIpc) is 2.70. The molecule has 0 bridgehead atoms. The molecule has 2 N–H and O–H groups in total. The maximum absolute atomic E-state index is 12.6. The fourth-order valence-electron chi connectivity index (χ4n) is 2.72. The number of hydrogen-bond acceptors (Lipinski definition) is 4. The van der Waals surface area contributed by atoms with Gasteiger partial charge < -0.3 is 5.32 Å². The van der Waals surface area contributed by atoms with E-state index in [1.807, 2.05) is 51.1 Å². The van der Waals surface area contributed by atoms with Crippen molar-refractivity contribution in [1.29, 1.82) is 0 Å². The molecule has 0 saturated heterocycles. The van der Waals surface area contributed by atoms with E-state index in [-0.39, 0.29) is 16.6 Å². The van der Waals surface area contributed by atoms with Crippen LogP contribution in [0, 0.1) is 20.8 Å². The Labute approximate surface area is 182 Å². The van der Waals surface area contributed by atoms with E-state index < -0.39 is 10.0 Å². The molecule has 0 spiro atoms. The lowest BCUT2D eigenvalue weighted by Gasteiger charge is -2.11. The number of anilines is 2. The van der Waals surface area contributed by atoms with Crippen LogP contribution in [0.25, 0.3) is 0 Å². The van der Waals surface area contributed by atoms with Gasteiger partial charge in [0.25, 0.3) is 10.0 Å². The van der Waals surface area contributed by atoms with Crippen LogP contribution in [-0.4, -0.2) is 20.1 Å². The minimum atomic E-state index is -3.70. The second-order valence-corrected chi connectivity index (χ2v) is 9.81. The Balaban J connectivity index is 1.59. The van der Waals surface area contributed by atoms with Crippen LogP contribution in [-0.2, 0) is 14.8 Å². The number of benzene rings is 3. The number of aryl methyl sites for hydroxylation is 3. The topological polar surface area (TPSA) is 75.3 Å². The number of amides is 1. The summed E-state index contributed by atoms with van der Waals surface area (Å²) in [6.07, 6.45) is 0. The lowest BCUT2D eigenvalue weighted by molar-refractivity contribution is -0.113. The van der Waals surface area contributed by atoms with Crippen molar-refractivity contribution in [2.24, 2.45) is 0 Å². The van der Waals surface area contributed by atoms with Crippen molar-refractivity contribution in [3.63, 3.8) is 0 Å². The smallest absolute Gasteiger partial charge is 0.261 e. The first kappa shape index (κ1) is 21.9. The normalized spacial score (nSPS) is 11.2. The number of nitrogens with one attached hydrogen (secondary N) is 2. The fraction of sp³-hybridized carbons (Fsp3) is 0.174. The van der Waals surface area contributed by atoms with Gasteiger partial charge in [0.1, 0.15) is 0 Å². The van der Waals surface area contributed by atoms with Crippen molar-refractivity contribution in [3.05, 3.63) is 83.4 Å². The molecule has 3 aromatic carbocycles. The number of carbonyl (C=O) groups excluding carboxylic acids is 1. The van der Waals surface area contributed by atoms with Crippen molar-refractivity contribution in [3.8, 4) is 0 Å². The molecule has 3 aromatic rings. The Morgan fingerprint density at radius 3 is 2.10 bits per heavy atom. The summed E-state index contributed by atoms with van der Waals surface area (Å²) in [4.78, 5) is 13.3. The highest BCUT2D eigenvalue weighted by Crippen LogP contribution is 2.21. The summed E-state index contributed by atoms with van der Waals surface area (Å²) in [7, 11) is -3.70. The fourth-order valence-corrected chi connectivity index (χ4v) is 4.46. The van der Waals surface area contributed by atoms with Gasteiger partial charge in [-0.15, -0.1) is 11.8 Å². The molecule has 0 aromatic heterocycles. The highest BCUT2D eigenvalue weighted by molar-refractivity contribution is 8.00. The maximum atomic E-state index is 12.6. The highest BCUT2D eigenvalue weighted by Gasteiger charge is 2.15. The molecule has 7 heteroatoms. The third-order valence-electron chi connectivity index (χ3n) is 4.60. The maximum Gasteiger partial charge on any atom is 0.261 e. The summed E-state index contributed by atoms with van der Waals surface area (Å²) in [6, 6.07) is 19.5. The number of rotatable bonds is 7. The lowest BCUT2D eigenvalue weighted by atomic mass is 10.1. The average molecular weight is 441 g/mol. The first-order chi connectivity index (χ1) is 14.2. The summed E-state index contributed by atoms with van der Waals surface area (Å²) in [5.74, 6) is 0.127. The first-order valence-corrected chi connectivity index (χ1v) is 11.9. The van der Waals surface area contributed by atoms with Crippen LogP contribution in [0.15, 0.2) is 76.5 Å². The number of hydrogen-bond donors (Lipinski definition) is 2. The Hall–Kier alpha value is -2.77. The molecule has 0 atom stereocenters. The first-order valence-electron chi connectivity index (χ1n) is 9.42. The van der Waals surface area contributed by atoms with Gasteiger partial charge in [-0.25, -0.2) is 8.42 Å². The molecule has 156 valence electrons. The van der Waals surface area contributed by atoms with Crippen LogP contribution in [0.5, 0.6) is 0 Å². The Morgan fingerprint density at radius 1 is 0.833 bits per heavy atom. The zero-order valence-corrected chi connectivity index (χ0v) is 18.7. The molecule has 0 unspecified atom stereocenters. The minimum Gasteiger partial charge on any atom is -0.325 e. The quantitative estimate of drug-likeness (QED) is 0.499. The second kappa shape index (κ2) is 9.36. The molecule has 0 aliphatic heterocycles. The van der Waals surface area contributed by atoms with Gasteiger partial charge in [-0.05, 0) is 80.4 Å². The van der Waals surface area contributed by atoms with E-state index in [1.165, 1.54) is 29.5 Å². The van der Waals surface area contributed by atoms with Crippen LogP contribution in [0.2, 0.25) is 0 Å². The van der Waals surface area contributed by atoms with Crippen LogP contribution in [0.4, 0.5) is 11.4 Å². The SMILES string of the molecule is Cc1ccc(SCC(=O)Nc2ccc(S(=O)(=O)Nc3ccc(C)c(C)c3)cc2)cc1. The molecule has 5 nitrogen and oxygen atoms in total. The number of sulfonamides is 1. The predicted molar refractivity (Wildman–Crippen MR) is 124 cm³/mol. The van der Waals surface area contributed by atoms with Gasteiger partial charge >= 0.3 is 0 Å². The standard InChI is InChI=1S/C23H24N2O3S2/c1-16-4-10-21(11-5-16)29-15-23(26)24-19-8-12-22(13-9-19)30(27,28)25-20-7-6-17(2)18(3)14-20/h4-14,25H,15H2,1-3H3,(H,24,26). The molecule has 1 amide bonds. The molecule has 0 fully saturated rings. The van der Waals surface area contributed by atoms with Crippen molar-refractivity contribution in [1.82, 2.24) is 0 Å². The minimum absolute atomic E-state index is 0.132. The van der Waals surface area contributed by atoms with Crippen LogP contribution in [0.3, 0.4) is 0 Å². The molecule has 0 saturated carbocycles. The monoisotopic (exact) mass is 440 g/mol. The summed E-state index contributed by atoms with van der Waals surface area (Å²) >= 11 is 1.45. The Kier molecular flexibility index (Phi) is 6.84. The van der Waals surface area contributed by atoms with Crippen LogP contribution < -0.4 is 10.0 Å². The summed E-state index contributed by atoms with van der Waals surface area (Å²) in [5, 5.41) is 2.79. The van der Waals surface area contributed by atoms with Gasteiger partial charge in [0, 0.05) is 16.3 Å². The zero-order valence-electron chi connectivity index (χ0n) is 17.1. The summed E-state index contributed by atoms with van der Waals surface area (Å²) in [5.41, 5.74) is 4.35. The largest absolute Gasteiger partial charge is 0.325 e. The second-order valence-electron chi connectivity index (χ2n) is 7.08. The van der Waals surface area contributed by atoms with Gasteiger partial charge in [-0.1, -0.05) is 23.8 Å². The summed E-state index contributed by atoms with van der Waals surface area (Å²) < 4.78 is 27.8. The molecular formula is C23H24N2O3S2. The molecule has 0 heterocycles. The van der Waals surface area contributed by atoms with E-state index in [0.29, 0.717) is 11.4 Å². The van der Waals surface area contributed by atoms with Gasteiger partial charge in [-0.2, -0.15) is 0 Å². The Morgan fingerprint density at radius 2 is 1.47 bits per heavy atom. The zero-order chi connectivity index (χ0) is 21.7. The third-order valence-corrected chi connectivity index (χ3v) is 7.01. The molecule has 3 rings (SSSR count).